The molecule has 6 nitrogen and oxygen atoms in total. The molecule has 0 aromatic heterocycles. The van der Waals surface area contributed by atoms with Gasteiger partial charge in [-0.1, -0.05) is 19.3 Å². The molecule has 0 aromatic rings. The summed E-state index contributed by atoms with van der Waals surface area (Å²) in [4.78, 5) is 19.5. The molecule has 1 aliphatic rings. The molecule has 1 rings (SSSR count). The van der Waals surface area contributed by atoms with Crippen molar-refractivity contribution in [2.45, 2.75) is 63.5 Å². The Bertz CT molecular complexity index is 248. The van der Waals surface area contributed by atoms with E-state index >= 15 is 0 Å². The maximum absolute atomic E-state index is 9.77. The molecule has 1 fully saturated rings. The zero-order valence-electron chi connectivity index (χ0n) is 11.0. The number of carboxylic acids is 2. The number of aliphatic carboxylic acids is 2. The maximum Gasteiger partial charge on any atom is 2.00 e. The number of hydrogen-bond acceptors (Lipinski definition) is 6. The monoisotopic (exact) mass is 453 g/mol. The number of carboxylic acid groups (broad SMARTS) is 2. The summed E-state index contributed by atoms with van der Waals surface area (Å²) < 4.78 is 0. The third-order valence-electron chi connectivity index (χ3n) is 2.80. The third-order valence-corrected chi connectivity index (χ3v) is 2.80. The molecule has 7 heteroatoms. The smallest absolute Gasteiger partial charge is 0.550 e. The molecule has 4 N–H and O–H groups in total. The molecule has 19 heavy (non-hydrogen) atoms. The third kappa shape index (κ3) is 15.5. The van der Waals surface area contributed by atoms with Crippen molar-refractivity contribution in [2.24, 2.45) is 11.5 Å². The molecule has 0 unspecified atom stereocenters. The van der Waals surface area contributed by atoms with Gasteiger partial charge in [0.2, 0.25) is 0 Å². The van der Waals surface area contributed by atoms with Gasteiger partial charge in [0.25, 0.3) is 0 Å². The van der Waals surface area contributed by atoms with Gasteiger partial charge >= 0.3 is 21.1 Å². The predicted octanol–water partition coefficient (Wildman–Crippen LogP) is -1.39. The molecule has 0 aromatic carbocycles. The second-order valence-electron chi connectivity index (χ2n) is 4.74. The average Bonchev–Trinajstić information content (AvgIpc) is 2.24. The van der Waals surface area contributed by atoms with Gasteiger partial charge < -0.3 is 31.3 Å². The first-order valence-electron chi connectivity index (χ1n) is 6.31. The fraction of sp³-hybridized carbons (Fsp3) is 0.833. The number of unbranched alkanes of at least 4 members (excludes halogenated alkanes) is 1. The van der Waals surface area contributed by atoms with Crippen molar-refractivity contribution in [1.29, 1.82) is 0 Å². The standard InChI is InChI=1S/C6H14N2.C6H10O4.Pt/c7-6(8)4-2-1-3-5-6;7-5(8)3-1-2-4-6(9)10;/h1-5,7-8H2;1-4H2,(H,7,8)(H,9,10);/q;;+2/p-2. The van der Waals surface area contributed by atoms with Crippen molar-refractivity contribution in [3.05, 3.63) is 0 Å². The summed E-state index contributed by atoms with van der Waals surface area (Å²) >= 11 is 0. The van der Waals surface area contributed by atoms with E-state index in [2.05, 4.69) is 0 Å². The van der Waals surface area contributed by atoms with Crippen LogP contribution in [-0.4, -0.2) is 17.6 Å². The van der Waals surface area contributed by atoms with Crippen molar-refractivity contribution < 1.29 is 40.9 Å². The summed E-state index contributed by atoms with van der Waals surface area (Å²) in [5.74, 6) is -2.28. The molecule has 0 atom stereocenters. The zero-order valence-corrected chi connectivity index (χ0v) is 13.2. The molecule has 0 bridgehead atoms. The van der Waals surface area contributed by atoms with Gasteiger partial charge in [-0.15, -0.1) is 0 Å². The van der Waals surface area contributed by atoms with Gasteiger partial charge in [-0.25, -0.2) is 0 Å². The number of nitrogens with two attached hydrogens (primary N) is 2. The second kappa shape index (κ2) is 11.4. The topological polar surface area (TPSA) is 132 Å². The van der Waals surface area contributed by atoms with Crippen LogP contribution in [-0.2, 0) is 30.7 Å². The molecule has 0 heterocycles. The molecule has 0 radical (unpaired) electrons. The van der Waals surface area contributed by atoms with Crippen LogP contribution in [0.1, 0.15) is 57.8 Å². The number of carbonyl (C=O) groups is 2. The first kappa shape index (κ1) is 20.9. The van der Waals surface area contributed by atoms with Crippen molar-refractivity contribution in [2.75, 3.05) is 0 Å². The fourth-order valence-corrected chi connectivity index (χ4v) is 1.75. The Morgan fingerprint density at radius 3 is 1.47 bits per heavy atom. The quantitative estimate of drug-likeness (QED) is 0.389. The van der Waals surface area contributed by atoms with Gasteiger partial charge in [0.15, 0.2) is 0 Å². The molecule has 0 aliphatic heterocycles. The van der Waals surface area contributed by atoms with Crippen LogP contribution < -0.4 is 21.7 Å². The minimum Gasteiger partial charge on any atom is -0.550 e. The van der Waals surface area contributed by atoms with Crippen LogP contribution in [0, 0.1) is 0 Å². The molecule has 0 saturated heterocycles. The van der Waals surface area contributed by atoms with E-state index in [0.717, 1.165) is 12.8 Å². The summed E-state index contributed by atoms with van der Waals surface area (Å²) in [6, 6.07) is 0. The average molecular weight is 453 g/mol. The van der Waals surface area contributed by atoms with E-state index in [-0.39, 0.29) is 39.6 Å². The molecule has 114 valence electrons. The van der Waals surface area contributed by atoms with E-state index in [1.165, 1.54) is 19.3 Å². The van der Waals surface area contributed by atoms with Crippen molar-refractivity contribution in [3.8, 4) is 0 Å². The van der Waals surface area contributed by atoms with Gasteiger partial charge in [0, 0.05) is 11.9 Å². The number of carbonyl (C=O) groups excluding carboxylic acids is 2. The zero-order chi connectivity index (χ0) is 14.0. The molecule has 0 spiro atoms. The predicted molar refractivity (Wildman–Crippen MR) is 62.7 cm³/mol. The summed E-state index contributed by atoms with van der Waals surface area (Å²) in [5.41, 5.74) is 11.0. The Balaban J connectivity index is 0. The largest absolute Gasteiger partial charge is 2.00 e. The van der Waals surface area contributed by atoms with Gasteiger partial charge in [0.1, 0.15) is 0 Å². The van der Waals surface area contributed by atoms with Gasteiger partial charge in [-0.3, -0.25) is 0 Å². The molecular formula is C12H22N2O4Pt. The van der Waals surface area contributed by atoms with Crippen LogP contribution >= 0.6 is 0 Å². The minimum atomic E-state index is -1.14. The summed E-state index contributed by atoms with van der Waals surface area (Å²) in [5, 5.41) is 19.5. The minimum absolute atomic E-state index is 0. The van der Waals surface area contributed by atoms with Crippen LogP contribution in [0.5, 0.6) is 0 Å². The Labute approximate surface area is 128 Å². The van der Waals surface area contributed by atoms with Crippen molar-refractivity contribution in [3.63, 3.8) is 0 Å². The van der Waals surface area contributed by atoms with E-state index in [0.29, 0.717) is 12.8 Å². The molecule has 1 saturated carbocycles. The van der Waals surface area contributed by atoms with E-state index < -0.39 is 11.9 Å². The van der Waals surface area contributed by atoms with E-state index in [1.807, 2.05) is 0 Å². The van der Waals surface area contributed by atoms with Gasteiger partial charge in [0.05, 0.1) is 5.66 Å². The second-order valence-corrected chi connectivity index (χ2v) is 4.74. The van der Waals surface area contributed by atoms with Crippen molar-refractivity contribution in [1.82, 2.24) is 0 Å². The van der Waals surface area contributed by atoms with Gasteiger partial charge in [-0.05, 0) is 38.5 Å². The fourth-order valence-electron chi connectivity index (χ4n) is 1.75. The first-order chi connectivity index (χ1) is 8.33. The first-order valence-corrected chi connectivity index (χ1v) is 6.31. The van der Waals surface area contributed by atoms with Crippen LogP contribution in [0.2, 0.25) is 0 Å². The Kier molecular flexibility index (Phi) is 12.5. The molecule has 0 amide bonds. The summed E-state index contributed by atoms with van der Waals surface area (Å²) in [7, 11) is 0. The van der Waals surface area contributed by atoms with Crippen LogP contribution in [0.3, 0.4) is 0 Å². The SMILES string of the molecule is NC1(N)CCCCC1.O=C([O-])CCCCC(=O)[O-].[Pt+2]. The van der Waals surface area contributed by atoms with Gasteiger partial charge in [-0.2, -0.15) is 0 Å². The molecular weight excluding hydrogens is 431 g/mol. The summed E-state index contributed by atoms with van der Waals surface area (Å²) in [6.07, 6.45) is 6.29. The van der Waals surface area contributed by atoms with E-state index in [9.17, 15) is 19.8 Å². The number of hydrogen-bond donors (Lipinski definition) is 2. The van der Waals surface area contributed by atoms with Crippen molar-refractivity contribution >= 4 is 11.9 Å². The van der Waals surface area contributed by atoms with Crippen LogP contribution in [0.15, 0.2) is 0 Å². The Hall–Kier alpha value is -0.452. The maximum atomic E-state index is 9.77. The Morgan fingerprint density at radius 2 is 1.26 bits per heavy atom. The number of rotatable bonds is 5. The van der Waals surface area contributed by atoms with E-state index in [4.69, 9.17) is 11.5 Å². The Morgan fingerprint density at radius 1 is 0.895 bits per heavy atom. The van der Waals surface area contributed by atoms with Crippen LogP contribution in [0.4, 0.5) is 0 Å². The van der Waals surface area contributed by atoms with E-state index in [1.54, 1.807) is 0 Å². The van der Waals surface area contributed by atoms with Crippen LogP contribution in [0.25, 0.3) is 0 Å². The molecule has 1 aliphatic carbocycles. The summed E-state index contributed by atoms with van der Waals surface area (Å²) in [6.45, 7) is 0. The normalized spacial score (nSPS) is 16.5.